The molecule has 1 rings (SSSR count). The van der Waals surface area contributed by atoms with Gasteiger partial charge in [0.25, 0.3) is 0 Å². The fourth-order valence-corrected chi connectivity index (χ4v) is 1.70. The average Bonchev–Trinajstić information content (AvgIpc) is 2.08. The highest BCUT2D eigenvalue weighted by atomic mass is 79.9. The van der Waals surface area contributed by atoms with Crippen molar-refractivity contribution in [1.29, 1.82) is 0 Å². The fourth-order valence-electron chi connectivity index (χ4n) is 1.20. The van der Waals surface area contributed by atoms with E-state index in [1.165, 1.54) is 16.7 Å². The summed E-state index contributed by atoms with van der Waals surface area (Å²) in [7, 11) is 0. The lowest BCUT2D eigenvalue weighted by molar-refractivity contribution is 1.17. The Labute approximate surface area is 82.4 Å². The van der Waals surface area contributed by atoms with E-state index < -0.39 is 0 Å². The van der Waals surface area contributed by atoms with Gasteiger partial charge in [0.05, 0.1) is 4.83 Å². The van der Waals surface area contributed by atoms with Crippen LogP contribution >= 0.6 is 15.9 Å². The van der Waals surface area contributed by atoms with Crippen LogP contribution in [0.5, 0.6) is 0 Å². The molecule has 0 heterocycles. The molecule has 0 bridgehead atoms. The van der Waals surface area contributed by atoms with Crippen LogP contribution in [0.1, 0.15) is 21.5 Å². The van der Waals surface area contributed by atoms with E-state index in [9.17, 15) is 0 Å². The standard InChI is InChI=1S/C11H13Br/c1-4-11(12)10-7-5-6-8(2)9(10)3/h4-7,11H,1H2,2-3H3. The monoisotopic (exact) mass is 224 g/mol. The lowest BCUT2D eigenvalue weighted by atomic mass is 10.0. The second-order valence-electron chi connectivity index (χ2n) is 2.93. The number of halogens is 1. The molecule has 1 aromatic rings. The van der Waals surface area contributed by atoms with Crippen molar-refractivity contribution in [3.63, 3.8) is 0 Å². The van der Waals surface area contributed by atoms with Crippen LogP contribution in [0.15, 0.2) is 30.9 Å². The topological polar surface area (TPSA) is 0 Å². The van der Waals surface area contributed by atoms with Gasteiger partial charge < -0.3 is 0 Å². The minimum Gasteiger partial charge on any atom is -0.102 e. The molecule has 0 aliphatic heterocycles. The van der Waals surface area contributed by atoms with Gasteiger partial charge in [-0.1, -0.05) is 40.2 Å². The molecule has 0 aromatic heterocycles. The summed E-state index contributed by atoms with van der Waals surface area (Å²) < 4.78 is 0. The Balaban J connectivity index is 3.15. The lowest BCUT2D eigenvalue weighted by Gasteiger charge is -2.10. The van der Waals surface area contributed by atoms with Crippen molar-refractivity contribution in [2.24, 2.45) is 0 Å². The van der Waals surface area contributed by atoms with Crippen molar-refractivity contribution in [1.82, 2.24) is 0 Å². The Kier molecular flexibility index (Phi) is 3.10. The molecule has 0 nitrogen and oxygen atoms in total. The summed E-state index contributed by atoms with van der Waals surface area (Å²) in [5, 5.41) is 0. The number of allylic oxidation sites excluding steroid dienone is 1. The van der Waals surface area contributed by atoms with E-state index in [4.69, 9.17) is 0 Å². The maximum Gasteiger partial charge on any atom is 0.0575 e. The minimum atomic E-state index is 0.275. The number of hydrogen-bond acceptors (Lipinski definition) is 0. The van der Waals surface area contributed by atoms with Crippen molar-refractivity contribution < 1.29 is 0 Å². The van der Waals surface area contributed by atoms with Crippen LogP contribution in [-0.2, 0) is 0 Å². The average molecular weight is 225 g/mol. The van der Waals surface area contributed by atoms with Gasteiger partial charge in [0.1, 0.15) is 0 Å². The van der Waals surface area contributed by atoms with Gasteiger partial charge >= 0.3 is 0 Å². The zero-order valence-electron chi connectivity index (χ0n) is 7.47. The second-order valence-corrected chi connectivity index (χ2v) is 3.91. The largest absolute Gasteiger partial charge is 0.102 e. The number of hydrogen-bond donors (Lipinski definition) is 0. The third-order valence-electron chi connectivity index (χ3n) is 2.15. The maximum atomic E-state index is 3.76. The predicted molar refractivity (Wildman–Crippen MR) is 57.8 cm³/mol. The molecule has 0 spiro atoms. The second kappa shape index (κ2) is 3.90. The summed E-state index contributed by atoms with van der Waals surface area (Å²) in [5.41, 5.74) is 3.99. The summed E-state index contributed by atoms with van der Waals surface area (Å²) in [4.78, 5) is 0.275. The van der Waals surface area contributed by atoms with E-state index in [1.54, 1.807) is 0 Å². The lowest BCUT2D eigenvalue weighted by Crippen LogP contribution is -1.92. The Morgan fingerprint density at radius 2 is 2.08 bits per heavy atom. The number of alkyl halides is 1. The molecule has 1 unspecified atom stereocenters. The van der Waals surface area contributed by atoms with Gasteiger partial charge in [-0.3, -0.25) is 0 Å². The molecule has 1 aromatic carbocycles. The summed E-state index contributed by atoms with van der Waals surface area (Å²) in [5.74, 6) is 0. The predicted octanol–water partition coefficient (Wildman–Crippen LogP) is 3.93. The Hall–Kier alpha value is -0.560. The molecule has 0 N–H and O–H groups in total. The van der Waals surface area contributed by atoms with Crippen LogP contribution in [0.2, 0.25) is 0 Å². The van der Waals surface area contributed by atoms with Gasteiger partial charge in [0.15, 0.2) is 0 Å². The molecule has 12 heavy (non-hydrogen) atoms. The van der Waals surface area contributed by atoms with Crippen LogP contribution in [0.25, 0.3) is 0 Å². The maximum absolute atomic E-state index is 3.76. The molecule has 0 saturated heterocycles. The van der Waals surface area contributed by atoms with Crippen molar-refractivity contribution >= 4 is 15.9 Å². The van der Waals surface area contributed by atoms with Crippen LogP contribution in [0, 0.1) is 13.8 Å². The van der Waals surface area contributed by atoms with Crippen LogP contribution in [0.4, 0.5) is 0 Å². The zero-order chi connectivity index (χ0) is 9.14. The van der Waals surface area contributed by atoms with Crippen molar-refractivity contribution in [3.05, 3.63) is 47.5 Å². The highest BCUT2D eigenvalue weighted by Gasteiger charge is 2.06. The minimum absolute atomic E-state index is 0.275. The molecular weight excluding hydrogens is 212 g/mol. The molecular formula is C11H13Br. The number of rotatable bonds is 2. The molecule has 1 heteroatoms. The van der Waals surface area contributed by atoms with Crippen molar-refractivity contribution in [3.8, 4) is 0 Å². The quantitative estimate of drug-likeness (QED) is 0.528. The summed E-state index contributed by atoms with van der Waals surface area (Å²) in [6, 6.07) is 6.33. The van der Waals surface area contributed by atoms with E-state index >= 15 is 0 Å². The van der Waals surface area contributed by atoms with Gasteiger partial charge in [0, 0.05) is 0 Å². The molecule has 0 aliphatic carbocycles. The Morgan fingerprint density at radius 3 is 2.67 bits per heavy atom. The SMILES string of the molecule is C=CC(Br)c1cccc(C)c1C. The van der Waals surface area contributed by atoms with Crippen molar-refractivity contribution in [2.45, 2.75) is 18.7 Å². The third-order valence-corrected chi connectivity index (χ3v) is 3.02. The summed E-state index contributed by atoms with van der Waals surface area (Å²) in [6.45, 7) is 8.03. The van der Waals surface area contributed by atoms with Gasteiger partial charge in [-0.2, -0.15) is 0 Å². The highest BCUT2D eigenvalue weighted by molar-refractivity contribution is 9.09. The van der Waals surface area contributed by atoms with Gasteiger partial charge in [0.2, 0.25) is 0 Å². The third kappa shape index (κ3) is 1.78. The first-order chi connectivity index (χ1) is 5.66. The molecule has 0 radical (unpaired) electrons. The molecule has 0 amide bonds. The van der Waals surface area contributed by atoms with Gasteiger partial charge in [-0.25, -0.2) is 0 Å². The zero-order valence-corrected chi connectivity index (χ0v) is 9.06. The number of benzene rings is 1. The highest BCUT2D eigenvalue weighted by Crippen LogP contribution is 2.27. The van der Waals surface area contributed by atoms with E-state index in [0.29, 0.717) is 0 Å². The van der Waals surface area contributed by atoms with Gasteiger partial charge in [-0.15, -0.1) is 6.58 Å². The summed E-state index contributed by atoms with van der Waals surface area (Å²) in [6.07, 6.45) is 1.90. The van der Waals surface area contributed by atoms with E-state index in [1.807, 2.05) is 6.08 Å². The first kappa shape index (κ1) is 9.53. The van der Waals surface area contributed by atoms with E-state index in [-0.39, 0.29) is 4.83 Å². The summed E-state index contributed by atoms with van der Waals surface area (Å²) >= 11 is 3.55. The first-order valence-corrected chi connectivity index (χ1v) is 4.91. The first-order valence-electron chi connectivity index (χ1n) is 3.99. The van der Waals surface area contributed by atoms with Crippen molar-refractivity contribution in [2.75, 3.05) is 0 Å². The molecule has 0 saturated carbocycles. The van der Waals surface area contributed by atoms with Crippen LogP contribution < -0.4 is 0 Å². The molecule has 1 atom stereocenters. The van der Waals surface area contributed by atoms with Crippen LogP contribution in [-0.4, -0.2) is 0 Å². The molecule has 0 aliphatic rings. The Bertz CT molecular complexity index is 289. The molecule has 64 valence electrons. The normalized spacial score (nSPS) is 12.6. The molecule has 0 fully saturated rings. The van der Waals surface area contributed by atoms with E-state index in [0.717, 1.165) is 0 Å². The van der Waals surface area contributed by atoms with E-state index in [2.05, 4.69) is 54.6 Å². The van der Waals surface area contributed by atoms with Gasteiger partial charge in [-0.05, 0) is 30.5 Å². The number of aryl methyl sites for hydroxylation is 1. The Morgan fingerprint density at radius 1 is 1.42 bits per heavy atom. The smallest absolute Gasteiger partial charge is 0.0575 e. The fraction of sp³-hybridized carbons (Fsp3) is 0.273. The van der Waals surface area contributed by atoms with Crippen LogP contribution in [0.3, 0.4) is 0 Å².